The van der Waals surface area contributed by atoms with Gasteiger partial charge in [0.25, 0.3) is 0 Å². The van der Waals surface area contributed by atoms with Gasteiger partial charge in [0.2, 0.25) is 0 Å². The highest BCUT2D eigenvalue weighted by molar-refractivity contribution is 6.31. The third-order valence-corrected chi connectivity index (χ3v) is 3.40. The number of nitrogens with zero attached hydrogens (tertiary/aromatic N) is 2. The molecule has 1 aromatic carbocycles. The van der Waals surface area contributed by atoms with E-state index in [9.17, 15) is 14.7 Å². The second-order valence-electron chi connectivity index (χ2n) is 4.63. The fourth-order valence-corrected chi connectivity index (χ4v) is 2.35. The van der Waals surface area contributed by atoms with Gasteiger partial charge in [-0.1, -0.05) is 11.6 Å². The van der Waals surface area contributed by atoms with Crippen LogP contribution in [0.15, 0.2) is 18.2 Å². The van der Waals surface area contributed by atoms with Crippen molar-refractivity contribution < 1.29 is 19.8 Å². The Morgan fingerprint density at radius 2 is 2.19 bits per heavy atom. The molecule has 8 heteroatoms. The number of carboxylic acids is 1. The van der Waals surface area contributed by atoms with Crippen molar-refractivity contribution in [3.05, 3.63) is 28.8 Å². The number of β-amino-alcohol motifs (C(OH)–C–C–N with tert-alkyl or cyclic N) is 1. The molecule has 0 radical (unpaired) electrons. The lowest BCUT2D eigenvalue weighted by Gasteiger charge is -2.21. The molecule has 1 heterocycles. The molecule has 7 nitrogen and oxygen atoms in total. The molecule has 0 unspecified atom stereocenters. The van der Waals surface area contributed by atoms with E-state index in [0.717, 1.165) is 4.90 Å². The minimum Gasteiger partial charge on any atom is -0.480 e. The number of hydrogen-bond donors (Lipinski definition) is 3. The summed E-state index contributed by atoms with van der Waals surface area (Å²) in [7, 11) is 0. The summed E-state index contributed by atoms with van der Waals surface area (Å²) in [5, 5.41) is 30.3. The number of carbonyl (C=O) groups excluding carboxylic acids is 1. The number of aliphatic carboxylic acids is 1. The third kappa shape index (κ3) is 3.24. The van der Waals surface area contributed by atoms with Crippen molar-refractivity contribution in [1.29, 1.82) is 5.26 Å². The zero-order chi connectivity index (χ0) is 15.6. The number of amides is 2. The number of aliphatic hydroxyl groups excluding tert-OH is 1. The molecule has 0 bridgehead atoms. The Labute approximate surface area is 125 Å². The van der Waals surface area contributed by atoms with Gasteiger partial charge < -0.3 is 20.4 Å². The average Bonchev–Trinajstić information content (AvgIpc) is 2.81. The lowest BCUT2D eigenvalue weighted by Crippen LogP contribution is -2.43. The number of rotatable bonds is 2. The summed E-state index contributed by atoms with van der Waals surface area (Å²) in [6, 6.07) is 4.48. The van der Waals surface area contributed by atoms with Crippen LogP contribution in [0.25, 0.3) is 0 Å². The van der Waals surface area contributed by atoms with Crippen molar-refractivity contribution in [2.24, 2.45) is 0 Å². The molecule has 2 atom stereocenters. The average molecular weight is 310 g/mol. The Morgan fingerprint density at radius 3 is 2.81 bits per heavy atom. The van der Waals surface area contributed by atoms with Crippen molar-refractivity contribution in [2.45, 2.75) is 18.6 Å². The first kappa shape index (κ1) is 15.1. The lowest BCUT2D eigenvalue weighted by molar-refractivity contribution is -0.141. The van der Waals surface area contributed by atoms with Crippen LogP contribution in [-0.4, -0.2) is 45.8 Å². The molecule has 1 aromatic rings. The Balaban J connectivity index is 2.20. The first-order valence-corrected chi connectivity index (χ1v) is 6.48. The Morgan fingerprint density at radius 1 is 1.48 bits per heavy atom. The van der Waals surface area contributed by atoms with E-state index in [1.807, 2.05) is 6.07 Å². The lowest BCUT2D eigenvalue weighted by atomic mass is 10.2. The molecular formula is C13H12ClN3O4. The number of anilines is 1. The third-order valence-electron chi connectivity index (χ3n) is 3.17. The number of hydrogen-bond acceptors (Lipinski definition) is 4. The van der Waals surface area contributed by atoms with Crippen LogP contribution in [-0.2, 0) is 4.79 Å². The predicted molar refractivity (Wildman–Crippen MR) is 73.9 cm³/mol. The van der Waals surface area contributed by atoms with Crippen LogP contribution in [0.1, 0.15) is 12.0 Å². The molecule has 3 N–H and O–H groups in total. The Hall–Kier alpha value is -2.30. The summed E-state index contributed by atoms with van der Waals surface area (Å²) < 4.78 is 0. The molecule has 21 heavy (non-hydrogen) atoms. The van der Waals surface area contributed by atoms with E-state index in [4.69, 9.17) is 22.0 Å². The molecule has 0 aliphatic carbocycles. The molecule has 0 aromatic heterocycles. The van der Waals surface area contributed by atoms with Gasteiger partial charge in [0.1, 0.15) is 12.1 Å². The van der Waals surface area contributed by atoms with Gasteiger partial charge in [-0.3, -0.25) is 0 Å². The summed E-state index contributed by atoms with van der Waals surface area (Å²) in [6.07, 6.45) is -0.907. The number of nitriles is 1. The number of carboxylic acid groups (broad SMARTS) is 1. The monoisotopic (exact) mass is 309 g/mol. The predicted octanol–water partition coefficient (Wildman–Crippen LogP) is 1.26. The SMILES string of the molecule is N#Cc1ccc(Cl)cc1NC(=O)N1C[C@H](O)C[C@H]1C(=O)O. The second kappa shape index (κ2) is 5.99. The van der Waals surface area contributed by atoms with E-state index in [-0.39, 0.29) is 24.2 Å². The fraction of sp³-hybridized carbons (Fsp3) is 0.308. The first-order chi connectivity index (χ1) is 9.92. The van der Waals surface area contributed by atoms with Gasteiger partial charge in [-0.2, -0.15) is 5.26 Å². The summed E-state index contributed by atoms with van der Waals surface area (Å²) in [6.45, 7) is -0.0781. The standard InChI is InChI=1S/C13H12ClN3O4/c14-8-2-1-7(5-15)10(3-8)16-13(21)17-6-9(18)4-11(17)12(19)20/h1-3,9,11,18H,4,6H2,(H,16,21)(H,19,20)/t9-,11+/m1/s1. The quantitative estimate of drug-likeness (QED) is 0.761. The molecule has 1 aliphatic rings. The maximum absolute atomic E-state index is 12.1. The minimum absolute atomic E-state index is 0.0244. The summed E-state index contributed by atoms with van der Waals surface area (Å²) in [5.41, 5.74) is 0.403. The number of halogens is 1. The van der Waals surface area contributed by atoms with Crippen LogP contribution in [0.4, 0.5) is 10.5 Å². The summed E-state index contributed by atoms with van der Waals surface area (Å²) >= 11 is 5.81. The van der Waals surface area contributed by atoms with Crippen LogP contribution >= 0.6 is 11.6 Å². The normalized spacial score (nSPS) is 20.9. The van der Waals surface area contributed by atoms with Crippen molar-refractivity contribution >= 4 is 29.3 Å². The van der Waals surface area contributed by atoms with Gasteiger partial charge in [0, 0.05) is 18.0 Å². The van der Waals surface area contributed by atoms with Gasteiger partial charge in [-0.15, -0.1) is 0 Å². The maximum Gasteiger partial charge on any atom is 0.326 e. The molecule has 1 aliphatic heterocycles. The van der Waals surface area contributed by atoms with Crippen LogP contribution in [0.5, 0.6) is 0 Å². The Kier molecular flexibility index (Phi) is 4.31. The molecule has 1 fully saturated rings. The molecular weight excluding hydrogens is 298 g/mol. The van der Waals surface area contributed by atoms with E-state index in [1.54, 1.807) is 0 Å². The van der Waals surface area contributed by atoms with Gasteiger partial charge >= 0.3 is 12.0 Å². The number of aliphatic hydroxyl groups is 1. The number of likely N-dealkylation sites (tertiary alicyclic amines) is 1. The highest BCUT2D eigenvalue weighted by Gasteiger charge is 2.39. The highest BCUT2D eigenvalue weighted by atomic mass is 35.5. The van der Waals surface area contributed by atoms with Gasteiger partial charge in [0.15, 0.2) is 0 Å². The first-order valence-electron chi connectivity index (χ1n) is 6.10. The van der Waals surface area contributed by atoms with Gasteiger partial charge in [-0.25, -0.2) is 9.59 Å². The van der Waals surface area contributed by atoms with Crippen LogP contribution in [0, 0.1) is 11.3 Å². The maximum atomic E-state index is 12.1. The summed E-state index contributed by atoms with van der Waals surface area (Å²) in [5.74, 6) is -1.19. The molecule has 110 valence electrons. The van der Waals surface area contributed by atoms with Gasteiger partial charge in [0.05, 0.1) is 17.4 Å². The van der Waals surface area contributed by atoms with Crippen molar-refractivity contribution in [2.75, 3.05) is 11.9 Å². The number of benzene rings is 1. The van der Waals surface area contributed by atoms with E-state index >= 15 is 0 Å². The smallest absolute Gasteiger partial charge is 0.326 e. The van der Waals surface area contributed by atoms with E-state index in [0.29, 0.717) is 5.02 Å². The number of urea groups is 1. The van der Waals surface area contributed by atoms with E-state index < -0.39 is 24.1 Å². The Bertz CT molecular complexity index is 628. The molecule has 0 spiro atoms. The largest absolute Gasteiger partial charge is 0.480 e. The minimum atomic E-state index is -1.19. The number of nitrogens with one attached hydrogen (secondary N) is 1. The van der Waals surface area contributed by atoms with Crippen LogP contribution in [0.2, 0.25) is 5.02 Å². The van der Waals surface area contributed by atoms with Crippen LogP contribution < -0.4 is 5.32 Å². The van der Waals surface area contributed by atoms with Crippen molar-refractivity contribution in [3.63, 3.8) is 0 Å². The van der Waals surface area contributed by atoms with Gasteiger partial charge in [-0.05, 0) is 18.2 Å². The highest BCUT2D eigenvalue weighted by Crippen LogP contribution is 2.23. The fourth-order valence-electron chi connectivity index (χ4n) is 2.18. The van der Waals surface area contributed by atoms with E-state index in [2.05, 4.69) is 5.32 Å². The van der Waals surface area contributed by atoms with Crippen molar-refractivity contribution in [1.82, 2.24) is 4.90 Å². The molecule has 0 saturated carbocycles. The molecule has 2 amide bonds. The second-order valence-corrected chi connectivity index (χ2v) is 5.06. The number of carbonyl (C=O) groups is 2. The van der Waals surface area contributed by atoms with Crippen molar-refractivity contribution in [3.8, 4) is 6.07 Å². The molecule has 2 rings (SSSR count). The van der Waals surface area contributed by atoms with Crippen LogP contribution in [0.3, 0.4) is 0 Å². The summed E-state index contributed by atoms with van der Waals surface area (Å²) in [4.78, 5) is 24.3. The van der Waals surface area contributed by atoms with E-state index in [1.165, 1.54) is 18.2 Å². The molecule has 1 saturated heterocycles. The zero-order valence-electron chi connectivity index (χ0n) is 10.8. The zero-order valence-corrected chi connectivity index (χ0v) is 11.5. The topological polar surface area (TPSA) is 114 Å².